The SMILES string of the molecule is COc1ccc(C(c2cccc(C(F)(F)F)c2)N2CCCCC2C(=O)O)cc1F. The molecular weight excluding hydrogens is 390 g/mol. The summed E-state index contributed by atoms with van der Waals surface area (Å²) in [4.78, 5) is 13.5. The Kier molecular flexibility index (Phi) is 6.12. The van der Waals surface area contributed by atoms with Gasteiger partial charge in [0.25, 0.3) is 0 Å². The first-order valence-electron chi connectivity index (χ1n) is 9.21. The zero-order valence-corrected chi connectivity index (χ0v) is 15.7. The lowest BCUT2D eigenvalue weighted by molar-refractivity contribution is -0.145. The van der Waals surface area contributed by atoms with E-state index < -0.39 is 35.6 Å². The van der Waals surface area contributed by atoms with Crippen molar-refractivity contribution in [1.82, 2.24) is 4.90 Å². The Hall–Kier alpha value is -2.61. The number of rotatable bonds is 5. The second-order valence-corrected chi connectivity index (χ2v) is 7.01. The summed E-state index contributed by atoms with van der Waals surface area (Å²) in [5.41, 5.74) is -0.203. The van der Waals surface area contributed by atoms with Gasteiger partial charge in [-0.3, -0.25) is 9.69 Å². The first kappa shape index (κ1) is 21.1. The van der Waals surface area contributed by atoms with Crippen LogP contribution in [0.1, 0.15) is 42.0 Å². The summed E-state index contributed by atoms with van der Waals surface area (Å²) in [6, 6.07) is 7.19. The summed E-state index contributed by atoms with van der Waals surface area (Å²) < 4.78 is 59.1. The fraction of sp³-hybridized carbons (Fsp3) is 0.381. The summed E-state index contributed by atoms with van der Waals surface area (Å²) in [7, 11) is 1.31. The normalized spacial score (nSPS) is 19.0. The van der Waals surface area contributed by atoms with Crippen LogP contribution in [0.2, 0.25) is 0 Å². The van der Waals surface area contributed by atoms with Gasteiger partial charge in [-0.15, -0.1) is 0 Å². The van der Waals surface area contributed by atoms with E-state index >= 15 is 0 Å². The van der Waals surface area contributed by atoms with Crippen LogP contribution in [0.5, 0.6) is 5.75 Å². The molecular formula is C21H21F4NO3. The van der Waals surface area contributed by atoms with Gasteiger partial charge < -0.3 is 9.84 Å². The molecule has 1 saturated heterocycles. The van der Waals surface area contributed by atoms with Crippen molar-refractivity contribution in [2.45, 2.75) is 37.5 Å². The molecule has 3 rings (SSSR count). The van der Waals surface area contributed by atoms with Crippen molar-refractivity contribution in [3.8, 4) is 5.75 Å². The predicted molar refractivity (Wildman–Crippen MR) is 98.2 cm³/mol. The van der Waals surface area contributed by atoms with E-state index in [-0.39, 0.29) is 11.3 Å². The van der Waals surface area contributed by atoms with Gasteiger partial charge in [-0.05, 0) is 54.8 Å². The van der Waals surface area contributed by atoms with Crippen LogP contribution in [-0.2, 0) is 11.0 Å². The van der Waals surface area contributed by atoms with Crippen LogP contribution in [0, 0.1) is 5.82 Å². The van der Waals surface area contributed by atoms with Crippen molar-refractivity contribution in [2.75, 3.05) is 13.7 Å². The number of carboxylic acid groups (broad SMARTS) is 1. The van der Waals surface area contributed by atoms with Gasteiger partial charge in [-0.25, -0.2) is 4.39 Å². The Bertz CT molecular complexity index is 884. The molecule has 1 heterocycles. The van der Waals surface area contributed by atoms with Crippen molar-refractivity contribution < 1.29 is 32.2 Å². The minimum atomic E-state index is -4.54. The molecule has 0 amide bonds. The van der Waals surface area contributed by atoms with Crippen molar-refractivity contribution in [3.63, 3.8) is 0 Å². The number of benzene rings is 2. The maximum atomic E-state index is 14.4. The second kappa shape index (κ2) is 8.41. The number of nitrogens with zero attached hydrogens (tertiary/aromatic N) is 1. The Morgan fingerprint density at radius 1 is 1.17 bits per heavy atom. The van der Waals surface area contributed by atoms with Crippen LogP contribution in [-0.4, -0.2) is 35.7 Å². The summed E-state index contributed by atoms with van der Waals surface area (Å²) in [6.07, 6.45) is -2.75. The van der Waals surface area contributed by atoms with Gasteiger partial charge in [0.1, 0.15) is 6.04 Å². The largest absolute Gasteiger partial charge is 0.494 e. The Labute approximate surface area is 165 Å². The van der Waals surface area contributed by atoms with Gasteiger partial charge in [-0.1, -0.05) is 24.6 Å². The number of alkyl halides is 3. The minimum absolute atomic E-state index is 0.00460. The third-order valence-electron chi connectivity index (χ3n) is 5.18. The maximum absolute atomic E-state index is 14.4. The predicted octanol–water partition coefficient (Wildman–Crippen LogP) is 4.88. The molecule has 2 atom stereocenters. The third-order valence-corrected chi connectivity index (χ3v) is 5.18. The number of piperidine rings is 1. The quantitative estimate of drug-likeness (QED) is 0.713. The van der Waals surface area contributed by atoms with Crippen molar-refractivity contribution in [3.05, 3.63) is 65.0 Å². The second-order valence-electron chi connectivity index (χ2n) is 7.01. The van der Waals surface area contributed by atoms with Gasteiger partial charge in [-0.2, -0.15) is 13.2 Å². The van der Waals surface area contributed by atoms with E-state index in [0.717, 1.165) is 12.1 Å². The highest BCUT2D eigenvalue weighted by atomic mass is 19.4. The summed E-state index contributed by atoms with van der Waals surface area (Å²) in [6.45, 7) is 0.380. The lowest BCUT2D eigenvalue weighted by atomic mass is 9.90. The molecule has 0 aliphatic carbocycles. The van der Waals surface area contributed by atoms with Crippen LogP contribution in [0.3, 0.4) is 0 Å². The summed E-state index contributed by atoms with van der Waals surface area (Å²) in [5, 5.41) is 9.66. The standard InChI is InChI=1S/C21H21F4NO3/c1-29-18-9-8-14(12-16(18)22)19(26-10-3-2-7-17(26)20(27)28)13-5-4-6-15(11-13)21(23,24)25/h4-6,8-9,11-12,17,19H,2-3,7,10H2,1H3,(H,27,28). The number of ether oxygens (including phenoxy) is 1. The lowest BCUT2D eigenvalue weighted by Crippen LogP contribution is -2.46. The van der Waals surface area contributed by atoms with Crippen LogP contribution in [0.4, 0.5) is 17.6 Å². The monoisotopic (exact) mass is 411 g/mol. The zero-order chi connectivity index (χ0) is 21.2. The number of hydrogen-bond acceptors (Lipinski definition) is 3. The van der Waals surface area contributed by atoms with E-state index in [4.69, 9.17) is 4.74 Å². The fourth-order valence-electron chi connectivity index (χ4n) is 3.84. The molecule has 0 aromatic heterocycles. The van der Waals surface area contributed by atoms with Gasteiger partial charge in [0, 0.05) is 0 Å². The Balaban J connectivity index is 2.14. The molecule has 0 bridgehead atoms. The van der Waals surface area contributed by atoms with Gasteiger partial charge in [0.15, 0.2) is 11.6 Å². The van der Waals surface area contributed by atoms with E-state index in [2.05, 4.69) is 0 Å². The van der Waals surface area contributed by atoms with Crippen molar-refractivity contribution >= 4 is 5.97 Å². The number of carbonyl (C=O) groups is 1. The highest BCUT2D eigenvalue weighted by molar-refractivity contribution is 5.73. The molecule has 0 saturated carbocycles. The van der Waals surface area contributed by atoms with Gasteiger partial charge in [0.05, 0.1) is 18.7 Å². The van der Waals surface area contributed by atoms with Crippen molar-refractivity contribution in [2.24, 2.45) is 0 Å². The van der Waals surface area contributed by atoms with Gasteiger partial charge >= 0.3 is 12.1 Å². The Morgan fingerprint density at radius 2 is 1.90 bits per heavy atom. The average molecular weight is 411 g/mol. The van der Waals surface area contributed by atoms with E-state index in [1.807, 2.05) is 0 Å². The van der Waals surface area contributed by atoms with Crippen LogP contribution in [0.15, 0.2) is 42.5 Å². The molecule has 8 heteroatoms. The van der Waals surface area contributed by atoms with Crippen molar-refractivity contribution in [1.29, 1.82) is 0 Å². The summed E-state index contributed by atoms with van der Waals surface area (Å²) in [5.74, 6) is -1.70. The topological polar surface area (TPSA) is 49.8 Å². The fourth-order valence-corrected chi connectivity index (χ4v) is 3.84. The molecule has 1 aliphatic heterocycles. The number of aliphatic carboxylic acids is 1. The first-order chi connectivity index (χ1) is 13.7. The molecule has 1 aliphatic rings. The first-order valence-corrected chi connectivity index (χ1v) is 9.21. The molecule has 2 aromatic carbocycles. The maximum Gasteiger partial charge on any atom is 0.416 e. The molecule has 1 fully saturated rings. The third kappa shape index (κ3) is 4.53. The Morgan fingerprint density at radius 3 is 2.52 bits per heavy atom. The number of likely N-dealkylation sites (tertiary alicyclic amines) is 1. The van der Waals surface area contributed by atoms with E-state index in [0.29, 0.717) is 31.4 Å². The minimum Gasteiger partial charge on any atom is -0.494 e. The number of hydrogen-bond donors (Lipinski definition) is 1. The number of methoxy groups -OCH3 is 1. The molecule has 0 spiro atoms. The van der Waals surface area contributed by atoms with E-state index in [1.165, 1.54) is 31.4 Å². The average Bonchev–Trinajstić information content (AvgIpc) is 2.68. The van der Waals surface area contributed by atoms with Crippen LogP contribution >= 0.6 is 0 Å². The number of halogens is 4. The van der Waals surface area contributed by atoms with E-state index in [1.54, 1.807) is 11.0 Å². The smallest absolute Gasteiger partial charge is 0.416 e. The molecule has 156 valence electrons. The molecule has 29 heavy (non-hydrogen) atoms. The zero-order valence-electron chi connectivity index (χ0n) is 15.7. The molecule has 2 unspecified atom stereocenters. The van der Waals surface area contributed by atoms with Crippen LogP contribution < -0.4 is 4.74 Å². The van der Waals surface area contributed by atoms with Gasteiger partial charge in [0.2, 0.25) is 0 Å². The lowest BCUT2D eigenvalue weighted by Gasteiger charge is -2.39. The molecule has 4 nitrogen and oxygen atoms in total. The molecule has 1 N–H and O–H groups in total. The highest BCUT2D eigenvalue weighted by Crippen LogP contribution is 2.38. The number of carboxylic acids is 1. The highest BCUT2D eigenvalue weighted by Gasteiger charge is 2.37. The summed E-state index contributed by atoms with van der Waals surface area (Å²) >= 11 is 0. The molecule has 0 radical (unpaired) electrons. The van der Waals surface area contributed by atoms with Crippen LogP contribution in [0.25, 0.3) is 0 Å². The molecule has 2 aromatic rings. The van der Waals surface area contributed by atoms with E-state index in [9.17, 15) is 27.5 Å².